The second-order valence-corrected chi connectivity index (χ2v) is 10.4. The van der Waals surface area contributed by atoms with Gasteiger partial charge in [0.1, 0.15) is 11.9 Å². The average Bonchev–Trinajstić information content (AvgIpc) is 3.44. The number of nitriles is 2. The van der Waals surface area contributed by atoms with E-state index in [0.717, 1.165) is 17.0 Å². The Morgan fingerprint density at radius 1 is 0.756 bits per heavy atom. The molecule has 0 radical (unpaired) electrons. The minimum atomic E-state index is -1.56. The van der Waals surface area contributed by atoms with Crippen molar-refractivity contribution in [2.24, 2.45) is 5.92 Å². The van der Waals surface area contributed by atoms with Gasteiger partial charge in [-0.3, -0.25) is 9.59 Å². The number of carboxylic acid groups (broad SMARTS) is 1. The van der Waals surface area contributed by atoms with Crippen LogP contribution in [0.25, 0.3) is 0 Å². The first-order chi connectivity index (χ1) is 21.7. The van der Waals surface area contributed by atoms with Crippen LogP contribution in [-0.4, -0.2) is 47.9 Å². The Morgan fingerprint density at radius 3 is 1.82 bits per heavy atom. The second kappa shape index (κ2) is 12.7. The number of carbonyl (C=O) groups is 3. The van der Waals surface area contributed by atoms with E-state index in [1.807, 2.05) is 12.1 Å². The summed E-state index contributed by atoms with van der Waals surface area (Å²) in [4.78, 5) is 43.2. The number of ether oxygens (including phenoxy) is 2. The second-order valence-electron chi connectivity index (χ2n) is 10.4. The number of halogens is 1. The van der Waals surface area contributed by atoms with Crippen LogP contribution in [0.15, 0.2) is 91.0 Å². The quantitative estimate of drug-likeness (QED) is 0.260. The fourth-order valence-corrected chi connectivity index (χ4v) is 5.96. The molecule has 0 spiro atoms. The number of benzene rings is 4. The molecule has 1 aliphatic rings. The molecule has 0 aromatic heterocycles. The highest BCUT2D eigenvalue weighted by atomic mass is 19.1. The Bertz CT molecular complexity index is 1840. The molecule has 0 aliphatic carbocycles. The van der Waals surface area contributed by atoms with Crippen molar-refractivity contribution < 1.29 is 33.4 Å². The molecule has 4 unspecified atom stereocenters. The Morgan fingerprint density at radius 2 is 1.29 bits per heavy atom. The van der Waals surface area contributed by atoms with Crippen molar-refractivity contribution in [1.29, 1.82) is 10.5 Å². The molecule has 9 nitrogen and oxygen atoms in total. The fraction of sp³-hybridized carbons (Fsp3) is 0.171. The first-order valence-corrected chi connectivity index (χ1v) is 13.8. The molecule has 224 valence electrons. The van der Waals surface area contributed by atoms with Gasteiger partial charge in [0.05, 0.1) is 49.4 Å². The van der Waals surface area contributed by atoms with Crippen LogP contribution in [0.1, 0.15) is 54.9 Å². The van der Waals surface area contributed by atoms with Crippen LogP contribution in [0.5, 0.6) is 11.5 Å². The molecule has 10 heteroatoms. The standard InChI is InChI=1S/C35H26FN3O6/c1-44-27-16-13-25(17-28(27)45-2)29-30(33(40)23-9-5-21(19-38)6-10-23)31(22-7-3-20(18-37)4-8-22)39(32(29)35(42)43)34(41)24-11-14-26(36)15-12-24/h3-17,29-32H,1-2H3,(H,42,43). The van der Waals surface area contributed by atoms with Gasteiger partial charge in [-0.25, -0.2) is 9.18 Å². The molecule has 4 aromatic carbocycles. The van der Waals surface area contributed by atoms with Crippen molar-refractivity contribution in [3.05, 3.63) is 130 Å². The van der Waals surface area contributed by atoms with Gasteiger partial charge in [0.25, 0.3) is 5.91 Å². The van der Waals surface area contributed by atoms with E-state index in [0.29, 0.717) is 33.8 Å². The van der Waals surface area contributed by atoms with Crippen molar-refractivity contribution in [2.75, 3.05) is 14.2 Å². The van der Waals surface area contributed by atoms with E-state index < -0.39 is 47.4 Å². The third-order valence-corrected chi connectivity index (χ3v) is 8.02. The summed E-state index contributed by atoms with van der Waals surface area (Å²) >= 11 is 0. The molecule has 1 aliphatic heterocycles. The number of nitrogens with zero attached hydrogens (tertiary/aromatic N) is 3. The summed E-state index contributed by atoms with van der Waals surface area (Å²) in [6, 6.07) is 23.1. The van der Waals surface area contributed by atoms with Crippen molar-refractivity contribution in [3.63, 3.8) is 0 Å². The molecule has 1 saturated heterocycles. The summed E-state index contributed by atoms with van der Waals surface area (Å²) in [6.45, 7) is 0. The molecule has 4 atom stereocenters. The summed E-state index contributed by atoms with van der Waals surface area (Å²) < 4.78 is 24.7. The monoisotopic (exact) mass is 603 g/mol. The Balaban J connectivity index is 1.80. The van der Waals surface area contributed by atoms with Gasteiger partial charge >= 0.3 is 5.97 Å². The first-order valence-electron chi connectivity index (χ1n) is 13.8. The highest BCUT2D eigenvalue weighted by Gasteiger charge is 2.57. The van der Waals surface area contributed by atoms with E-state index >= 15 is 0 Å². The van der Waals surface area contributed by atoms with Crippen LogP contribution < -0.4 is 9.47 Å². The van der Waals surface area contributed by atoms with E-state index in [9.17, 15) is 34.4 Å². The number of Topliss-reactive ketones (excluding diaryl/α,β-unsaturated/α-hetero) is 1. The minimum Gasteiger partial charge on any atom is -0.493 e. The Hall–Kier alpha value is -6.00. The molecule has 1 heterocycles. The summed E-state index contributed by atoms with van der Waals surface area (Å²) in [5, 5.41) is 29.5. The number of aliphatic carboxylic acids is 1. The zero-order valence-electron chi connectivity index (χ0n) is 24.2. The normalized spacial score (nSPS) is 18.8. The summed E-state index contributed by atoms with van der Waals surface area (Å²) in [7, 11) is 2.88. The van der Waals surface area contributed by atoms with Crippen molar-refractivity contribution in [1.82, 2.24) is 4.90 Å². The maximum absolute atomic E-state index is 14.6. The molecule has 0 saturated carbocycles. The predicted octanol–water partition coefficient (Wildman–Crippen LogP) is 5.52. The Labute approximate surface area is 258 Å². The topological polar surface area (TPSA) is 141 Å². The highest BCUT2D eigenvalue weighted by Crippen LogP contribution is 2.52. The molecular weight excluding hydrogens is 577 g/mol. The molecular formula is C35H26FN3O6. The lowest BCUT2D eigenvalue weighted by Crippen LogP contribution is -2.43. The SMILES string of the molecule is COc1ccc(C2C(C(=O)c3ccc(C#N)cc3)C(c3ccc(C#N)cc3)N(C(=O)c3ccc(F)cc3)C2C(=O)O)cc1OC. The van der Waals surface area contributed by atoms with E-state index in [2.05, 4.69) is 0 Å². The molecule has 1 N–H and O–H groups in total. The number of hydrogen-bond donors (Lipinski definition) is 1. The van der Waals surface area contributed by atoms with Gasteiger partial charge in [0, 0.05) is 17.0 Å². The first kappa shape index (κ1) is 30.5. The van der Waals surface area contributed by atoms with Gasteiger partial charge in [-0.05, 0) is 71.8 Å². The molecule has 1 fully saturated rings. The number of carboxylic acids is 1. The molecule has 45 heavy (non-hydrogen) atoms. The predicted molar refractivity (Wildman–Crippen MR) is 159 cm³/mol. The maximum atomic E-state index is 14.6. The lowest BCUT2D eigenvalue weighted by Gasteiger charge is -2.30. The van der Waals surface area contributed by atoms with Crippen LogP contribution in [-0.2, 0) is 4.79 Å². The lowest BCUT2D eigenvalue weighted by molar-refractivity contribution is -0.142. The van der Waals surface area contributed by atoms with E-state index in [1.54, 1.807) is 30.3 Å². The van der Waals surface area contributed by atoms with E-state index in [-0.39, 0.29) is 11.1 Å². The number of carbonyl (C=O) groups excluding carboxylic acids is 2. The number of rotatable bonds is 8. The number of amides is 1. The van der Waals surface area contributed by atoms with Crippen LogP contribution in [0.3, 0.4) is 0 Å². The summed E-state index contributed by atoms with van der Waals surface area (Å²) in [6.07, 6.45) is 0. The lowest BCUT2D eigenvalue weighted by atomic mass is 9.76. The number of ketones is 1. The summed E-state index contributed by atoms with van der Waals surface area (Å²) in [5.41, 5.74) is 1.72. The highest BCUT2D eigenvalue weighted by molar-refractivity contribution is 6.03. The van der Waals surface area contributed by atoms with Crippen molar-refractivity contribution in [3.8, 4) is 23.6 Å². The van der Waals surface area contributed by atoms with Gasteiger partial charge in [0.2, 0.25) is 0 Å². The third kappa shape index (κ3) is 5.69. The molecule has 5 rings (SSSR count). The minimum absolute atomic E-state index is 0.0267. The fourth-order valence-electron chi connectivity index (χ4n) is 5.96. The van der Waals surface area contributed by atoms with Crippen LogP contribution in [0, 0.1) is 34.4 Å². The molecule has 4 aromatic rings. The van der Waals surface area contributed by atoms with Crippen LogP contribution in [0.2, 0.25) is 0 Å². The third-order valence-electron chi connectivity index (χ3n) is 8.02. The molecule has 0 bridgehead atoms. The largest absolute Gasteiger partial charge is 0.493 e. The number of methoxy groups -OCH3 is 2. The van der Waals surface area contributed by atoms with Crippen molar-refractivity contribution >= 4 is 17.7 Å². The van der Waals surface area contributed by atoms with Gasteiger partial charge in [-0.15, -0.1) is 0 Å². The van der Waals surface area contributed by atoms with Crippen LogP contribution >= 0.6 is 0 Å². The number of hydrogen-bond acceptors (Lipinski definition) is 7. The number of likely N-dealkylation sites (tertiary alicyclic amines) is 1. The zero-order chi connectivity index (χ0) is 32.2. The van der Waals surface area contributed by atoms with Crippen molar-refractivity contribution in [2.45, 2.75) is 18.0 Å². The van der Waals surface area contributed by atoms with E-state index in [1.165, 1.54) is 62.8 Å². The summed E-state index contributed by atoms with van der Waals surface area (Å²) in [5.74, 6) is -4.72. The van der Waals surface area contributed by atoms with Crippen LogP contribution in [0.4, 0.5) is 4.39 Å². The van der Waals surface area contributed by atoms with Gasteiger partial charge < -0.3 is 19.5 Å². The zero-order valence-corrected chi connectivity index (χ0v) is 24.2. The maximum Gasteiger partial charge on any atom is 0.327 e. The van der Waals surface area contributed by atoms with E-state index in [4.69, 9.17) is 9.47 Å². The van der Waals surface area contributed by atoms with Gasteiger partial charge in [0.15, 0.2) is 17.3 Å². The molecule has 1 amide bonds. The smallest absolute Gasteiger partial charge is 0.327 e. The Kier molecular flexibility index (Phi) is 8.60. The average molecular weight is 604 g/mol. The van der Waals surface area contributed by atoms with Gasteiger partial charge in [-0.1, -0.05) is 30.3 Å². The van der Waals surface area contributed by atoms with Gasteiger partial charge in [-0.2, -0.15) is 10.5 Å².